The Hall–Kier alpha value is -1.82. The molecular formula is C15H20N4OS. The van der Waals surface area contributed by atoms with E-state index in [9.17, 15) is 4.79 Å². The van der Waals surface area contributed by atoms with Gasteiger partial charge in [0, 0.05) is 5.69 Å². The van der Waals surface area contributed by atoms with Gasteiger partial charge in [-0.3, -0.25) is 9.48 Å². The van der Waals surface area contributed by atoms with Crippen LogP contribution in [0.25, 0.3) is 0 Å². The van der Waals surface area contributed by atoms with Gasteiger partial charge in [0.05, 0.1) is 22.4 Å². The van der Waals surface area contributed by atoms with E-state index in [0.29, 0.717) is 11.4 Å². The number of amides is 1. The number of hydrogen-bond donors (Lipinski definition) is 1. The Balaban J connectivity index is 2.16. The molecule has 0 bridgehead atoms. The zero-order valence-corrected chi connectivity index (χ0v) is 13.8. The number of carbonyl (C=O) groups is 1. The smallest absolute Gasteiger partial charge is 0.276 e. The van der Waals surface area contributed by atoms with E-state index in [0.717, 1.165) is 10.7 Å². The molecule has 5 nitrogen and oxygen atoms in total. The molecule has 2 aromatic heterocycles. The van der Waals surface area contributed by atoms with Crippen LogP contribution in [0, 0.1) is 6.92 Å². The van der Waals surface area contributed by atoms with Crippen molar-refractivity contribution < 1.29 is 4.79 Å². The zero-order chi connectivity index (χ0) is 15.6. The molecule has 6 heteroatoms. The molecule has 0 fully saturated rings. The Morgan fingerprint density at radius 1 is 1.33 bits per heavy atom. The number of nitrogens with one attached hydrogen (secondary N) is 1. The first kappa shape index (κ1) is 15.6. The number of pyridine rings is 1. The van der Waals surface area contributed by atoms with Gasteiger partial charge in [0.2, 0.25) is 0 Å². The third-order valence-corrected chi connectivity index (χ3v) is 3.62. The van der Waals surface area contributed by atoms with E-state index >= 15 is 0 Å². The van der Waals surface area contributed by atoms with Crippen molar-refractivity contribution >= 4 is 23.4 Å². The lowest BCUT2D eigenvalue weighted by molar-refractivity contribution is 0.102. The Bertz CT molecular complexity index is 641. The van der Waals surface area contributed by atoms with Crippen LogP contribution in [0.2, 0.25) is 0 Å². The number of thioether (sulfide) groups is 1. The average Bonchev–Trinajstić information content (AvgIpc) is 2.82. The van der Waals surface area contributed by atoms with Crippen molar-refractivity contribution in [3.05, 3.63) is 35.8 Å². The topological polar surface area (TPSA) is 59.8 Å². The highest BCUT2D eigenvalue weighted by Crippen LogP contribution is 2.18. The Kier molecular flexibility index (Phi) is 4.37. The normalized spacial score (nSPS) is 11.5. The maximum absolute atomic E-state index is 12.2. The highest BCUT2D eigenvalue weighted by atomic mass is 32.2. The van der Waals surface area contributed by atoms with Crippen LogP contribution in [0.4, 0.5) is 5.69 Å². The molecule has 112 valence electrons. The number of carbonyl (C=O) groups excluding carboxylic acids is 1. The second kappa shape index (κ2) is 5.89. The minimum Gasteiger partial charge on any atom is -0.319 e. The number of aryl methyl sites for hydroxylation is 1. The maximum atomic E-state index is 12.2. The fourth-order valence-corrected chi connectivity index (χ4v) is 2.40. The largest absolute Gasteiger partial charge is 0.319 e. The van der Waals surface area contributed by atoms with E-state index < -0.39 is 0 Å². The summed E-state index contributed by atoms with van der Waals surface area (Å²) in [5, 5.41) is 8.12. The molecule has 0 aliphatic heterocycles. The first-order chi connectivity index (χ1) is 9.81. The molecule has 2 rings (SSSR count). The van der Waals surface area contributed by atoms with E-state index in [4.69, 9.17) is 0 Å². The van der Waals surface area contributed by atoms with Gasteiger partial charge < -0.3 is 5.32 Å². The van der Waals surface area contributed by atoms with Crippen molar-refractivity contribution in [1.82, 2.24) is 14.8 Å². The lowest BCUT2D eigenvalue weighted by Gasteiger charge is -2.21. The van der Waals surface area contributed by atoms with Gasteiger partial charge in [-0.15, -0.1) is 11.8 Å². The molecule has 0 radical (unpaired) electrons. The van der Waals surface area contributed by atoms with Crippen molar-refractivity contribution in [3.8, 4) is 0 Å². The van der Waals surface area contributed by atoms with Gasteiger partial charge in [0.15, 0.2) is 5.69 Å². The van der Waals surface area contributed by atoms with Crippen LogP contribution in [0.5, 0.6) is 0 Å². The van der Waals surface area contributed by atoms with Crippen LogP contribution in [-0.2, 0) is 5.54 Å². The fraction of sp³-hybridized carbons (Fsp3) is 0.400. The average molecular weight is 304 g/mol. The second-order valence-electron chi connectivity index (χ2n) is 5.80. The third-order valence-electron chi connectivity index (χ3n) is 2.96. The lowest BCUT2D eigenvalue weighted by Crippen LogP contribution is -2.25. The Morgan fingerprint density at radius 2 is 2.05 bits per heavy atom. The molecule has 0 unspecified atom stereocenters. The number of rotatable bonds is 3. The number of aromatic nitrogens is 3. The molecule has 0 atom stereocenters. The summed E-state index contributed by atoms with van der Waals surface area (Å²) >= 11 is 1.56. The van der Waals surface area contributed by atoms with Crippen molar-refractivity contribution in [2.75, 3.05) is 11.6 Å². The zero-order valence-electron chi connectivity index (χ0n) is 13.0. The van der Waals surface area contributed by atoms with Gasteiger partial charge in [-0.05, 0) is 52.1 Å². The summed E-state index contributed by atoms with van der Waals surface area (Å²) in [5.41, 5.74) is 1.89. The highest BCUT2D eigenvalue weighted by molar-refractivity contribution is 7.98. The van der Waals surface area contributed by atoms with E-state index in [1.807, 2.05) is 30.0 Å². The van der Waals surface area contributed by atoms with Crippen LogP contribution >= 0.6 is 11.8 Å². The maximum Gasteiger partial charge on any atom is 0.276 e. The number of nitrogens with zero attached hydrogens (tertiary/aromatic N) is 3. The van der Waals surface area contributed by atoms with Gasteiger partial charge in [-0.25, -0.2) is 4.98 Å². The van der Waals surface area contributed by atoms with E-state index in [1.165, 1.54) is 0 Å². The van der Waals surface area contributed by atoms with Gasteiger partial charge in [-0.2, -0.15) is 5.10 Å². The van der Waals surface area contributed by atoms with Gasteiger partial charge in [0.25, 0.3) is 5.91 Å². The SMILES string of the molecule is CSc1ccc(NC(=O)c2cc(C)n(C(C)(C)C)n2)cn1. The van der Waals surface area contributed by atoms with Crippen molar-refractivity contribution in [2.24, 2.45) is 0 Å². The molecule has 0 aromatic carbocycles. The predicted octanol–water partition coefficient (Wildman–Crippen LogP) is 3.32. The first-order valence-electron chi connectivity index (χ1n) is 6.70. The summed E-state index contributed by atoms with van der Waals surface area (Å²) < 4.78 is 1.86. The molecule has 1 amide bonds. The van der Waals surface area contributed by atoms with Crippen molar-refractivity contribution in [1.29, 1.82) is 0 Å². The van der Waals surface area contributed by atoms with E-state index in [1.54, 1.807) is 24.0 Å². The molecule has 2 heterocycles. The van der Waals surface area contributed by atoms with Crippen molar-refractivity contribution in [3.63, 3.8) is 0 Å². The molecule has 0 saturated carbocycles. The minimum atomic E-state index is -0.222. The highest BCUT2D eigenvalue weighted by Gasteiger charge is 2.20. The summed E-state index contributed by atoms with van der Waals surface area (Å²) in [6.45, 7) is 8.11. The molecule has 1 N–H and O–H groups in total. The molecule has 2 aromatic rings. The van der Waals surface area contributed by atoms with Crippen LogP contribution in [0.15, 0.2) is 29.4 Å². The summed E-state index contributed by atoms with van der Waals surface area (Å²) in [7, 11) is 0. The fourth-order valence-electron chi connectivity index (χ4n) is 2.03. The summed E-state index contributed by atoms with van der Waals surface area (Å²) in [4.78, 5) is 16.5. The summed E-state index contributed by atoms with van der Waals surface area (Å²) in [6.07, 6.45) is 3.61. The van der Waals surface area contributed by atoms with Crippen LogP contribution in [0.1, 0.15) is 37.0 Å². The molecule has 0 saturated heterocycles. The molecule has 21 heavy (non-hydrogen) atoms. The summed E-state index contributed by atoms with van der Waals surface area (Å²) in [5.74, 6) is -0.222. The molecular weight excluding hydrogens is 284 g/mol. The van der Waals surface area contributed by atoms with Crippen LogP contribution < -0.4 is 5.32 Å². The lowest BCUT2D eigenvalue weighted by atomic mass is 10.1. The van der Waals surface area contributed by atoms with E-state index in [-0.39, 0.29) is 11.4 Å². The second-order valence-corrected chi connectivity index (χ2v) is 6.62. The van der Waals surface area contributed by atoms with Crippen LogP contribution in [-0.4, -0.2) is 26.9 Å². The number of anilines is 1. The molecule has 0 spiro atoms. The molecule has 0 aliphatic rings. The minimum absolute atomic E-state index is 0.149. The standard InChI is InChI=1S/C15H20N4OS/c1-10-8-12(18-19(10)15(2,3)4)14(20)17-11-6-7-13(21-5)16-9-11/h6-9H,1-5H3,(H,17,20). The van der Waals surface area contributed by atoms with E-state index in [2.05, 4.69) is 36.2 Å². The van der Waals surface area contributed by atoms with Gasteiger partial charge in [0.1, 0.15) is 0 Å². The summed E-state index contributed by atoms with van der Waals surface area (Å²) in [6, 6.07) is 5.51. The first-order valence-corrected chi connectivity index (χ1v) is 7.92. The van der Waals surface area contributed by atoms with Crippen molar-refractivity contribution in [2.45, 2.75) is 38.3 Å². The van der Waals surface area contributed by atoms with Gasteiger partial charge in [-0.1, -0.05) is 0 Å². The Labute approximate surface area is 129 Å². The predicted molar refractivity (Wildman–Crippen MR) is 85.9 cm³/mol. The number of hydrogen-bond acceptors (Lipinski definition) is 4. The van der Waals surface area contributed by atoms with Crippen LogP contribution in [0.3, 0.4) is 0 Å². The quantitative estimate of drug-likeness (QED) is 0.884. The Morgan fingerprint density at radius 3 is 2.52 bits per heavy atom. The monoisotopic (exact) mass is 304 g/mol. The van der Waals surface area contributed by atoms with Gasteiger partial charge >= 0.3 is 0 Å². The molecule has 0 aliphatic carbocycles. The third kappa shape index (κ3) is 3.64.